The summed E-state index contributed by atoms with van der Waals surface area (Å²) in [5.74, 6) is -0.0196. The van der Waals surface area contributed by atoms with Crippen molar-refractivity contribution in [2.24, 2.45) is 0 Å². The van der Waals surface area contributed by atoms with Crippen LogP contribution in [0.25, 0.3) is 22.3 Å². The number of nitrogens with two attached hydrogens (primary N) is 2. The highest BCUT2D eigenvalue weighted by Crippen LogP contribution is 2.77. The molecule has 0 amide bonds. The van der Waals surface area contributed by atoms with Crippen LogP contribution >= 0.6 is 84.4 Å². The molecular formula is C21H27Br2ClN10O16P4S2. The van der Waals surface area contributed by atoms with Crippen molar-refractivity contribution in [2.45, 2.75) is 53.9 Å². The average Bonchev–Trinajstić information content (AvgIpc) is 3.83. The highest BCUT2D eigenvalue weighted by atomic mass is 79.9. The Balaban J connectivity index is 1.04. The number of nitrogens with zero attached hydrogens (tertiary/aromatic N) is 8. The van der Waals surface area contributed by atoms with Crippen molar-refractivity contribution in [3.8, 4) is 0 Å². The van der Waals surface area contributed by atoms with Crippen LogP contribution in [0.4, 0.5) is 11.6 Å². The number of aliphatic hydroxyl groups excluding tert-OH is 4. The summed E-state index contributed by atoms with van der Waals surface area (Å²) in [5.41, 5.74) is 12.2. The molecule has 2 aliphatic rings. The SMILES string of the molecule is Nc1nc(Br)nc2c1ncn2[C@@H]1O[C@H](COP(=O)(S)OP(=O)(O)C(Cl)P(=O)(O)OP(O)(=S)OC[C@H]2O[C@@H](n3cnc4c(N)nc(Br)nc43)[C@H](O)[C@@H]2O)[C@@H](O)[C@H]1O. The van der Waals surface area contributed by atoms with Gasteiger partial charge in [0.2, 0.25) is 14.3 Å². The maximum Gasteiger partial charge on any atom is 0.393 e. The molecule has 11 N–H and O–H groups in total. The first-order valence-corrected chi connectivity index (χ1v) is 25.5. The van der Waals surface area contributed by atoms with Gasteiger partial charge in [0.1, 0.15) is 47.7 Å². The monoisotopic (exact) mass is 1060 g/mol. The summed E-state index contributed by atoms with van der Waals surface area (Å²) in [6.07, 6.45) is -10.0. The van der Waals surface area contributed by atoms with E-state index < -0.39 is 95.9 Å². The van der Waals surface area contributed by atoms with Gasteiger partial charge in [-0.1, -0.05) is 23.8 Å². The quantitative estimate of drug-likeness (QED) is 0.0361. The lowest BCUT2D eigenvalue weighted by molar-refractivity contribution is -0.0485. The van der Waals surface area contributed by atoms with Gasteiger partial charge in [0.25, 0.3) is 0 Å². The molecule has 0 bridgehead atoms. The topological polar surface area (TPSA) is 387 Å². The number of fused-ring (bicyclic) bond motifs is 2. The first kappa shape index (κ1) is 44.7. The van der Waals surface area contributed by atoms with Crippen molar-refractivity contribution < 1.29 is 75.9 Å². The molecule has 26 nitrogen and oxygen atoms in total. The largest absolute Gasteiger partial charge is 0.393 e. The van der Waals surface area contributed by atoms with E-state index in [2.05, 4.69) is 82.6 Å². The maximum atomic E-state index is 13.0. The smallest absolute Gasteiger partial charge is 0.387 e. The fourth-order valence-electron chi connectivity index (χ4n) is 5.33. The summed E-state index contributed by atoms with van der Waals surface area (Å²) in [7, 11) is -11.5. The number of anilines is 2. The number of ether oxygens (including phenoxy) is 2. The zero-order valence-electron chi connectivity index (χ0n) is 27.1. The number of hydrogen-bond acceptors (Lipinski definition) is 22. The third-order valence-corrected chi connectivity index (χ3v) is 19.3. The lowest BCUT2D eigenvalue weighted by Gasteiger charge is -2.26. The summed E-state index contributed by atoms with van der Waals surface area (Å²) in [5, 5.41) is 42.5. The first-order chi connectivity index (χ1) is 25.9. The van der Waals surface area contributed by atoms with E-state index in [9.17, 15) is 48.8 Å². The van der Waals surface area contributed by atoms with E-state index in [1.54, 1.807) is 0 Å². The highest BCUT2D eigenvalue weighted by Gasteiger charge is 2.53. The van der Waals surface area contributed by atoms with Crippen LogP contribution in [0.3, 0.4) is 0 Å². The molecule has 310 valence electrons. The molecule has 4 aromatic rings. The Morgan fingerprint density at radius 1 is 0.786 bits per heavy atom. The van der Waals surface area contributed by atoms with Crippen molar-refractivity contribution >= 4 is 130 Å². The molecule has 4 aromatic heterocycles. The lowest BCUT2D eigenvalue weighted by Crippen LogP contribution is -2.33. The fraction of sp³-hybridized carbons (Fsp3) is 0.524. The normalized spacial score (nSPS) is 30.6. The number of halogens is 3. The molecule has 56 heavy (non-hydrogen) atoms. The number of aliphatic hydroxyl groups is 4. The van der Waals surface area contributed by atoms with Crippen molar-refractivity contribution in [1.82, 2.24) is 39.0 Å². The van der Waals surface area contributed by atoms with Crippen LogP contribution < -0.4 is 11.5 Å². The standard InChI is InChI=1S/C21H27Br2ClN10O16P4S2/c22-19-29-13(25)7-15(31-19)33(3-27-7)17-11(37)9(35)5(47-17)1-45-53(43,55)49-51(39,40)21(24)52(41,42)50-54(44,56)46-2-6-10(36)12(38)18(48-6)34-4-28-8-14(26)30-20(23)32-16(8)34/h3-6,9-12,17-18,21,35-38H,1-2H2,(H,39,40)(H,41,42)(H,43,55)(H,44,56)(H2,25,29,31)(H2,26,30,32)/t5-,6-,9-,10-,11-,12-,17-,18-,21?,53?,54?/m1/s1. The summed E-state index contributed by atoms with van der Waals surface area (Å²) >= 11 is 20.3. The number of thiol groups is 1. The lowest BCUT2D eigenvalue weighted by atomic mass is 10.1. The average molecular weight is 1060 g/mol. The van der Waals surface area contributed by atoms with Crippen molar-refractivity contribution in [3.63, 3.8) is 0 Å². The van der Waals surface area contributed by atoms with E-state index in [1.807, 2.05) is 0 Å². The number of nitrogen functional groups attached to an aromatic ring is 2. The molecule has 35 heteroatoms. The number of imidazole rings is 2. The zero-order chi connectivity index (χ0) is 41.3. The van der Waals surface area contributed by atoms with Crippen LogP contribution in [0.1, 0.15) is 12.5 Å². The highest BCUT2D eigenvalue weighted by molar-refractivity contribution is 9.10. The second kappa shape index (κ2) is 16.5. The molecule has 2 fully saturated rings. The molecule has 0 aromatic carbocycles. The van der Waals surface area contributed by atoms with E-state index in [0.717, 1.165) is 0 Å². The van der Waals surface area contributed by atoms with Gasteiger partial charge in [-0.05, 0) is 43.7 Å². The predicted octanol–water partition coefficient (Wildman–Crippen LogP) is 0.808. The molecule has 2 saturated heterocycles. The van der Waals surface area contributed by atoms with Crippen LogP contribution in [0, 0.1) is 0 Å². The summed E-state index contributed by atoms with van der Waals surface area (Å²) in [6, 6.07) is 0. The number of alkyl halides is 1. The first-order valence-electron chi connectivity index (χ1n) is 14.9. The maximum absolute atomic E-state index is 13.0. The Kier molecular flexibility index (Phi) is 13.2. The molecule has 13 atom stereocenters. The number of aromatic nitrogens is 8. The van der Waals surface area contributed by atoms with Crippen LogP contribution in [-0.2, 0) is 52.6 Å². The molecule has 0 saturated carbocycles. The zero-order valence-corrected chi connectivity index (χ0v) is 36.3. The molecule has 0 spiro atoms. The predicted molar refractivity (Wildman–Crippen MR) is 203 cm³/mol. The van der Waals surface area contributed by atoms with Crippen LogP contribution in [0.5, 0.6) is 0 Å². The Morgan fingerprint density at radius 3 is 1.64 bits per heavy atom. The minimum Gasteiger partial charge on any atom is -0.387 e. The second-order valence-corrected chi connectivity index (χ2v) is 24.3. The Labute approximate surface area is 344 Å². The summed E-state index contributed by atoms with van der Waals surface area (Å²) < 4.78 is 71.8. The van der Waals surface area contributed by atoms with Gasteiger partial charge in [-0.25, -0.2) is 43.1 Å². The van der Waals surface area contributed by atoms with Gasteiger partial charge in [0.15, 0.2) is 35.4 Å². The molecule has 5 unspecified atom stereocenters. The van der Waals surface area contributed by atoms with E-state index in [1.165, 1.54) is 21.8 Å². The number of rotatable bonds is 14. The van der Waals surface area contributed by atoms with E-state index in [-0.39, 0.29) is 43.4 Å². The minimum absolute atomic E-state index is 0.00845. The Hall–Kier alpha value is -0.880. The van der Waals surface area contributed by atoms with Gasteiger partial charge >= 0.3 is 28.7 Å². The van der Waals surface area contributed by atoms with Crippen LogP contribution in [0.15, 0.2) is 22.1 Å². The molecule has 6 rings (SSSR count). The van der Waals surface area contributed by atoms with Gasteiger partial charge in [-0.2, -0.15) is 0 Å². The second-order valence-electron chi connectivity index (χ2n) is 11.6. The van der Waals surface area contributed by atoms with Crippen LogP contribution in [-0.4, -0.2) is 129 Å². The van der Waals surface area contributed by atoms with Gasteiger partial charge in [0, 0.05) is 0 Å². The van der Waals surface area contributed by atoms with E-state index >= 15 is 0 Å². The Morgan fingerprint density at radius 2 is 1.20 bits per heavy atom. The van der Waals surface area contributed by atoms with Crippen molar-refractivity contribution in [3.05, 3.63) is 22.1 Å². The van der Waals surface area contributed by atoms with Gasteiger partial charge in [-0.3, -0.25) is 22.8 Å². The Bertz CT molecular complexity index is 2200. The summed E-state index contributed by atoms with van der Waals surface area (Å²) in [6.45, 7) is -11.7. The third-order valence-electron chi connectivity index (χ3n) is 7.85. The fourth-order valence-corrected chi connectivity index (χ4v) is 15.1. The van der Waals surface area contributed by atoms with Gasteiger partial charge < -0.3 is 60.6 Å². The van der Waals surface area contributed by atoms with Crippen molar-refractivity contribution in [1.29, 1.82) is 0 Å². The molecule has 2 aliphatic heterocycles. The van der Waals surface area contributed by atoms with Crippen LogP contribution in [0.2, 0.25) is 0 Å². The number of hydrogen-bond donors (Lipinski definition) is 10. The molecular weight excluding hydrogens is 1030 g/mol. The van der Waals surface area contributed by atoms with E-state index in [4.69, 9.17) is 53.4 Å². The van der Waals surface area contributed by atoms with Crippen molar-refractivity contribution in [2.75, 3.05) is 24.7 Å². The molecule has 0 radical (unpaired) electrons. The minimum atomic E-state index is -5.77. The van der Waals surface area contributed by atoms with Gasteiger partial charge in [-0.15, -0.1) is 0 Å². The summed E-state index contributed by atoms with van der Waals surface area (Å²) in [4.78, 5) is 52.6. The van der Waals surface area contributed by atoms with E-state index in [0.29, 0.717) is 0 Å². The van der Waals surface area contributed by atoms with Gasteiger partial charge in [0.05, 0.1) is 25.9 Å². The molecule has 6 heterocycles. The third kappa shape index (κ3) is 9.22. The molecule has 0 aliphatic carbocycles.